The molecule has 0 saturated heterocycles. The van der Waals surface area contributed by atoms with E-state index in [4.69, 9.17) is 11.6 Å². The van der Waals surface area contributed by atoms with Crippen LogP contribution in [0.5, 0.6) is 0 Å². The van der Waals surface area contributed by atoms with E-state index in [1.165, 1.54) is 5.56 Å². The molecule has 0 unspecified atom stereocenters. The topological polar surface area (TPSA) is 37.8 Å². The number of halogens is 1. The molecule has 0 fully saturated rings. The quantitative estimate of drug-likeness (QED) is 0.915. The zero-order valence-electron chi connectivity index (χ0n) is 12.1. The van der Waals surface area contributed by atoms with Crippen molar-refractivity contribution < 1.29 is 0 Å². The maximum absolute atomic E-state index is 5.99. The van der Waals surface area contributed by atoms with E-state index >= 15 is 0 Å². The fourth-order valence-corrected chi connectivity index (χ4v) is 2.92. The fraction of sp³-hybridized carbons (Fsp3) is 0.467. The number of nitrogens with zero attached hydrogens (tertiary/aromatic N) is 2. The largest absolute Gasteiger partial charge is 0.312 e. The van der Waals surface area contributed by atoms with Crippen LogP contribution >= 0.6 is 22.9 Å². The average Bonchev–Trinajstić information content (AvgIpc) is 2.75. The summed E-state index contributed by atoms with van der Waals surface area (Å²) in [5, 5.41) is 14.8. The Labute approximate surface area is 129 Å². The number of nitrogens with one attached hydrogen (secondary N) is 1. The van der Waals surface area contributed by atoms with E-state index in [-0.39, 0.29) is 5.54 Å². The summed E-state index contributed by atoms with van der Waals surface area (Å²) in [4.78, 5) is 0. The molecule has 0 atom stereocenters. The average molecular weight is 310 g/mol. The van der Waals surface area contributed by atoms with E-state index in [0.717, 1.165) is 34.4 Å². The highest BCUT2D eigenvalue weighted by Gasteiger charge is 2.10. The van der Waals surface area contributed by atoms with Gasteiger partial charge in [-0.1, -0.05) is 23.7 Å². The lowest BCUT2D eigenvalue weighted by molar-refractivity contribution is 0.429. The third kappa shape index (κ3) is 5.19. The van der Waals surface area contributed by atoms with Crippen LogP contribution in [-0.4, -0.2) is 22.3 Å². The Hall–Kier alpha value is -0.970. The van der Waals surface area contributed by atoms with Crippen LogP contribution in [0.3, 0.4) is 0 Å². The number of aromatic nitrogens is 2. The van der Waals surface area contributed by atoms with Gasteiger partial charge in [0.15, 0.2) is 0 Å². The third-order valence-electron chi connectivity index (χ3n) is 2.75. The van der Waals surface area contributed by atoms with Gasteiger partial charge in [-0.3, -0.25) is 0 Å². The molecule has 0 aliphatic rings. The zero-order valence-corrected chi connectivity index (χ0v) is 13.7. The number of hydrogen-bond donors (Lipinski definition) is 1. The maximum Gasteiger partial charge on any atom is 0.121 e. The zero-order chi connectivity index (χ0) is 14.6. The molecule has 0 saturated carbocycles. The van der Waals surface area contributed by atoms with Gasteiger partial charge in [0.25, 0.3) is 0 Å². The third-order valence-corrected chi connectivity index (χ3v) is 3.97. The molecule has 0 amide bonds. The first-order valence-corrected chi connectivity index (χ1v) is 7.92. The molecule has 5 heteroatoms. The van der Waals surface area contributed by atoms with Crippen molar-refractivity contribution in [3.63, 3.8) is 0 Å². The van der Waals surface area contributed by atoms with Crippen molar-refractivity contribution in [3.05, 3.63) is 44.9 Å². The van der Waals surface area contributed by atoms with E-state index in [1.807, 2.05) is 18.2 Å². The van der Waals surface area contributed by atoms with Gasteiger partial charge in [0, 0.05) is 29.9 Å². The Morgan fingerprint density at radius 3 is 2.65 bits per heavy atom. The van der Waals surface area contributed by atoms with Crippen molar-refractivity contribution in [1.82, 2.24) is 15.5 Å². The SMILES string of the molecule is CC(C)(C)NCCc1nnc(Cc2cccc(Cl)c2)s1. The molecule has 0 aliphatic carbocycles. The Morgan fingerprint density at radius 1 is 1.20 bits per heavy atom. The van der Waals surface area contributed by atoms with Gasteiger partial charge in [0.1, 0.15) is 10.0 Å². The summed E-state index contributed by atoms with van der Waals surface area (Å²) in [5.74, 6) is 0. The molecule has 1 heterocycles. The van der Waals surface area contributed by atoms with Crippen molar-refractivity contribution >= 4 is 22.9 Å². The Kier molecular flexibility index (Phi) is 5.13. The second kappa shape index (κ2) is 6.66. The van der Waals surface area contributed by atoms with E-state index < -0.39 is 0 Å². The van der Waals surface area contributed by atoms with Crippen LogP contribution in [-0.2, 0) is 12.8 Å². The Morgan fingerprint density at radius 2 is 1.95 bits per heavy atom. The molecule has 1 N–H and O–H groups in total. The van der Waals surface area contributed by atoms with Crippen molar-refractivity contribution in [1.29, 1.82) is 0 Å². The highest BCUT2D eigenvalue weighted by Crippen LogP contribution is 2.17. The molecule has 1 aromatic carbocycles. The molecule has 20 heavy (non-hydrogen) atoms. The predicted octanol–water partition coefficient (Wildman–Crippen LogP) is 3.71. The molecule has 2 aromatic rings. The highest BCUT2D eigenvalue weighted by atomic mass is 35.5. The number of rotatable bonds is 5. The summed E-state index contributed by atoms with van der Waals surface area (Å²) in [7, 11) is 0. The highest BCUT2D eigenvalue weighted by molar-refractivity contribution is 7.11. The smallest absolute Gasteiger partial charge is 0.121 e. The lowest BCUT2D eigenvalue weighted by atomic mass is 10.1. The molecule has 3 nitrogen and oxygen atoms in total. The molecule has 108 valence electrons. The van der Waals surface area contributed by atoms with Crippen LogP contribution < -0.4 is 5.32 Å². The van der Waals surface area contributed by atoms with Gasteiger partial charge < -0.3 is 5.32 Å². The van der Waals surface area contributed by atoms with Crippen molar-refractivity contribution in [3.8, 4) is 0 Å². The minimum Gasteiger partial charge on any atom is -0.312 e. The minimum atomic E-state index is 0.147. The second-order valence-electron chi connectivity index (χ2n) is 5.82. The minimum absolute atomic E-state index is 0.147. The Balaban J connectivity index is 1.89. The van der Waals surface area contributed by atoms with Gasteiger partial charge >= 0.3 is 0 Å². The van der Waals surface area contributed by atoms with Crippen LogP contribution in [0.4, 0.5) is 0 Å². The van der Waals surface area contributed by atoms with E-state index in [0.29, 0.717) is 0 Å². The molecular formula is C15H20ClN3S. The molecular weight excluding hydrogens is 290 g/mol. The van der Waals surface area contributed by atoms with Gasteiger partial charge in [-0.25, -0.2) is 0 Å². The van der Waals surface area contributed by atoms with Gasteiger partial charge in [-0.15, -0.1) is 21.5 Å². The van der Waals surface area contributed by atoms with Crippen molar-refractivity contribution in [2.75, 3.05) is 6.54 Å². The lowest BCUT2D eigenvalue weighted by Gasteiger charge is -2.19. The van der Waals surface area contributed by atoms with E-state index in [1.54, 1.807) is 11.3 Å². The summed E-state index contributed by atoms with van der Waals surface area (Å²) in [6.45, 7) is 7.42. The summed E-state index contributed by atoms with van der Waals surface area (Å²) < 4.78 is 0. The first-order chi connectivity index (χ1) is 9.42. The van der Waals surface area contributed by atoms with Gasteiger partial charge in [0.05, 0.1) is 0 Å². The molecule has 0 spiro atoms. The summed E-state index contributed by atoms with van der Waals surface area (Å²) in [6.07, 6.45) is 1.72. The van der Waals surface area contributed by atoms with Crippen LogP contribution in [0.15, 0.2) is 24.3 Å². The first-order valence-electron chi connectivity index (χ1n) is 6.73. The van der Waals surface area contributed by atoms with Gasteiger partial charge in [-0.2, -0.15) is 0 Å². The molecule has 0 bridgehead atoms. The lowest BCUT2D eigenvalue weighted by Crippen LogP contribution is -2.37. The van der Waals surface area contributed by atoms with Crippen LogP contribution in [0, 0.1) is 0 Å². The van der Waals surface area contributed by atoms with Crippen molar-refractivity contribution in [2.24, 2.45) is 0 Å². The van der Waals surface area contributed by atoms with Gasteiger partial charge in [0.2, 0.25) is 0 Å². The van der Waals surface area contributed by atoms with Gasteiger partial charge in [-0.05, 0) is 38.5 Å². The normalized spacial score (nSPS) is 11.8. The number of benzene rings is 1. The molecule has 1 aromatic heterocycles. The summed E-state index contributed by atoms with van der Waals surface area (Å²) in [6, 6.07) is 7.89. The predicted molar refractivity (Wildman–Crippen MR) is 85.6 cm³/mol. The summed E-state index contributed by atoms with van der Waals surface area (Å²) in [5.41, 5.74) is 1.32. The fourth-order valence-electron chi connectivity index (χ4n) is 1.83. The first kappa shape index (κ1) is 15.4. The number of hydrogen-bond acceptors (Lipinski definition) is 4. The summed E-state index contributed by atoms with van der Waals surface area (Å²) >= 11 is 7.67. The van der Waals surface area contributed by atoms with E-state index in [2.05, 4.69) is 42.4 Å². The maximum atomic E-state index is 5.99. The molecule has 0 aliphatic heterocycles. The second-order valence-corrected chi connectivity index (χ2v) is 7.41. The monoisotopic (exact) mass is 309 g/mol. The van der Waals surface area contributed by atoms with Crippen LogP contribution in [0.2, 0.25) is 5.02 Å². The molecule has 2 rings (SSSR count). The Bertz CT molecular complexity index is 560. The van der Waals surface area contributed by atoms with Crippen LogP contribution in [0.25, 0.3) is 0 Å². The standard InChI is InChI=1S/C15H20ClN3S/c1-15(2,3)17-8-7-13-18-19-14(20-13)10-11-5-4-6-12(16)9-11/h4-6,9,17H,7-8,10H2,1-3H3. The van der Waals surface area contributed by atoms with E-state index in [9.17, 15) is 0 Å². The van der Waals surface area contributed by atoms with Crippen LogP contribution in [0.1, 0.15) is 36.3 Å². The van der Waals surface area contributed by atoms with Crippen molar-refractivity contribution in [2.45, 2.75) is 39.2 Å². The molecule has 0 radical (unpaired) electrons.